The lowest BCUT2D eigenvalue weighted by Gasteiger charge is -2.20. The summed E-state index contributed by atoms with van der Waals surface area (Å²) in [4.78, 5) is 16.4. The van der Waals surface area contributed by atoms with Crippen molar-refractivity contribution in [1.82, 2.24) is 9.58 Å². The van der Waals surface area contributed by atoms with Crippen LogP contribution in [0.15, 0.2) is 39.9 Å². The van der Waals surface area contributed by atoms with Gasteiger partial charge in [0.25, 0.3) is 5.91 Å². The number of nitrogens with zero attached hydrogens (tertiary/aromatic N) is 4. The molecule has 1 aromatic carbocycles. The highest BCUT2D eigenvalue weighted by molar-refractivity contribution is 8.25. The van der Waals surface area contributed by atoms with Gasteiger partial charge in [0.05, 0.1) is 11.1 Å². The molecule has 0 fully saturated rings. The molecule has 27 heavy (non-hydrogen) atoms. The molecule has 0 unspecified atom stereocenters. The lowest BCUT2D eigenvalue weighted by molar-refractivity contribution is -0.114. The van der Waals surface area contributed by atoms with E-state index in [4.69, 9.17) is 28.6 Å². The largest absolute Gasteiger partial charge is 0.318 e. The molecule has 2 aliphatic rings. The lowest BCUT2D eigenvalue weighted by atomic mass is 10.1. The Morgan fingerprint density at radius 1 is 1.15 bits per heavy atom. The Bertz CT molecular complexity index is 1080. The summed E-state index contributed by atoms with van der Waals surface area (Å²) < 4.78 is 2.00. The third-order valence-corrected chi connectivity index (χ3v) is 5.38. The van der Waals surface area contributed by atoms with Gasteiger partial charge < -0.3 is 4.57 Å². The Kier molecular flexibility index (Phi) is 4.46. The molecule has 1 aromatic heterocycles. The van der Waals surface area contributed by atoms with Crippen molar-refractivity contribution >= 4 is 63.5 Å². The molecule has 0 aliphatic carbocycles. The zero-order valence-electron chi connectivity index (χ0n) is 14.3. The summed E-state index contributed by atoms with van der Waals surface area (Å²) in [6, 6.07) is 7.27. The summed E-state index contributed by atoms with van der Waals surface area (Å²) >= 11 is 13.5. The van der Waals surface area contributed by atoms with Crippen LogP contribution in [-0.2, 0) is 4.79 Å². The van der Waals surface area contributed by atoms with Crippen LogP contribution in [0.4, 0.5) is 0 Å². The number of hydrogen-bond acceptors (Lipinski definition) is 4. The molecule has 0 saturated carbocycles. The van der Waals surface area contributed by atoms with Crippen LogP contribution in [0.25, 0.3) is 11.8 Å². The van der Waals surface area contributed by atoms with E-state index >= 15 is 0 Å². The van der Waals surface area contributed by atoms with Gasteiger partial charge in [0.1, 0.15) is 0 Å². The third-order valence-electron chi connectivity index (χ3n) is 4.27. The molecule has 3 heterocycles. The topological polar surface area (TPSA) is 73.8 Å². The number of hydrogen-bond donors (Lipinski definition) is 1. The van der Waals surface area contributed by atoms with Gasteiger partial charge in [-0.1, -0.05) is 23.2 Å². The first-order valence-electron chi connectivity index (χ1n) is 7.93. The Labute approximate surface area is 169 Å². The van der Waals surface area contributed by atoms with E-state index in [2.05, 4.69) is 10.1 Å². The summed E-state index contributed by atoms with van der Waals surface area (Å²) in [5, 5.41) is 15.2. The number of aryl methyl sites for hydroxylation is 1. The molecular formula is C18H13Cl2N5OS. The fourth-order valence-electron chi connectivity index (χ4n) is 3.09. The molecule has 0 radical (unpaired) electrons. The first-order valence-corrected chi connectivity index (χ1v) is 9.57. The van der Waals surface area contributed by atoms with Crippen LogP contribution in [0, 0.1) is 19.3 Å². The fraction of sp³-hybridized carbons (Fsp3) is 0.111. The molecule has 6 nitrogen and oxygen atoms in total. The molecule has 0 atom stereocenters. The number of thioether (sulfide) groups is 1. The molecule has 4 rings (SSSR count). The van der Waals surface area contributed by atoms with Gasteiger partial charge in [-0.05, 0) is 61.5 Å². The highest BCUT2D eigenvalue weighted by Gasteiger charge is 2.32. The van der Waals surface area contributed by atoms with Crippen LogP contribution < -0.4 is 0 Å². The van der Waals surface area contributed by atoms with Crippen molar-refractivity contribution in [3.63, 3.8) is 0 Å². The first-order chi connectivity index (χ1) is 12.8. The number of amides is 1. The van der Waals surface area contributed by atoms with Gasteiger partial charge in [0.15, 0.2) is 11.0 Å². The molecule has 0 spiro atoms. The Morgan fingerprint density at radius 2 is 1.85 bits per heavy atom. The molecule has 1 N–H and O–H groups in total. The molecular weight excluding hydrogens is 405 g/mol. The van der Waals surface area contributed by atoms with Gasteiger partial charge in [-0.2, -0.15) is 15.1 Å². The summed E-state index contributed by atoms with van der Waals surface area (Å²) in [5.41, 5.74) is 5.24. The van der Waals surface area contributed by atoms with E-state index in [0.29, 0.717) is 15.2 Å². The second kappa shape index (κ2) is 6.67. The van der Waals surface area contributed by atoms with Crippen molar-refractivity contribution in [3.8, 4) is 5.69 Å². The van der Waals surface area contributed by atoms with Crippen LogP contribution in [0.3, 0.4) is 0 Å². The van der Waals surface area contributed by atoms with E-state index in [-0.39, 0.29) is 11.4 Å². The second-order valence-corrected chi connectivity index (χ2v) is 7.73. The van der Waals surface area contributed by atoms with Crippen LogP contribution in [0.1, 0.15) is 17.0 Å². The number of carbonyl (C=O) groups is 1. The average Bonchev–Trinajstić information content (AvgIpc) is 3.15. The fourth-order valence-corrected chi connectivity index (χ4v) is 4.22. The van der Waals surface area contributed by atoms with Crippen molar-refractivity contribution in [2.75, 3.05) is 0 Å². The van der Waals surface area contributed by atoms with Crippen molar-refractivity contribution in [1.29, 1.82) is 5.41 Å². The molecule has 136 valence electrons. The lowest BCUT2D eigenvalue weighted by Crippen LogP contribution is -2.35. The van der Waals surface area contributed by atoms with Crippen molar-refractivity contribution in [2.24, 2.45) is 10.1 Å². The predicted molar refractivity (Wildman–Crippen MR) is 111 cm³/mol. The maximum atomic E-state index is 12.4. The van der Waals surface area contributed by atoms with Crippen molar-refractivity contribution in [2.45, 2.75) is 13.8 Å². The molecule has 9 heteroatoms. The van der Waals surface area contributed by atoms with E-state index in [1.807, 2.05) is 36.6 Å². The number of aromatic nitrogens is 1. The van der Waals surface area contributed by atoms with Crippen molar-refractivity contribution < 1.29 is 4.79 Å². The molecule has 2 aliphatic heterocycles. The summed E-state index contributed by atoms with van der Waals surface area (Å²) in [5.74, 6) is -0.429. The van der Waals surface area contributed by atoms with Crippen LogP contribution in [0.5, 0.6) is 0 Å². The number of hydrazone groups is 1. The SMILES string of the molecule is Cc1cc(C=C2C(=N)N3N=CSC3=NC2=O)c(C)n1-c1cc(Cl)cc(Cl)c1. The summed E-state index contributed by atoms with van der Waals surface area (Å²) in [6.07, 6.45) is 1.68. The highest BCUT2D eigenvalue weighted by atomic mass is 35.5. The van der Waals surface area contributed by atoms with Crippen LogP contribution in [-0.4, -0.2) is 32.0 Å². The summed E-state index contributed by atoms with van der Waals surface area (Å²) in [7, 11) is 0. The minimum atomic E-state index is -0.445. The Hall–Kier alpha value is -2.35. The van der Waals surface area contributed by atoms with E-state index in [1.54, 1.807) is 17.7 Å². The maximum absolute atomic E-state index is 12.4. The zero-order chi connectivity index (χ0) is 19.3. The van der Waals surface area contributed by atoms with Gasteiger partial charge in [-0.3, -0.25) is 10.2 Å². The van der Waals surface area contributed by atoms with Crippen LogP contribution in [0.2, 0.25) is 10.0 Å². The van der Waals surface area contributed by atoms with E-state index in [9.17, 15) is 4.79 Å². The third kappa shape index (κ3) is 3.12. The summed E-state index contributed by atoms with van der Waals surface area (Å²) in [6.45, 7) is 3.89. The minimum absolute atomic E-state index is 0.0156. The van der Waals surface area contributed by atoms with Crippen LogP contribution >= 0.6 is 35.0 Å². The monoisotopic (exact) mass is 417 g/mol. The van der Waals surface area contributed by atoms with Gasteiger partial charge in [0, 0.05) is 27.1 Å². The van der Waals surface area contributed by atoms with Gasteiger partial charge >= 0.3 is 0 Å². The number of benzene rings is 1. The van der Waals surface area contributed by atoms with Crippen molar-refractivity contribution in [3.05, 3.63) is 56.8 Å². The molecule has 2 aromatic rings. The predicted octanol–water partition coefficient (Wildman–Crippen LogP) is 4.65. The highest BCUT2D eigenvalue weighted by Crippen LogP contribution is 2.29. The number of halogens is 2. The van der Waals surface area contributed by atoms with E-state index in [1.165, 1.54) is 16.8 Å². The number of aliphatic imine (C=N–C) groups is 1. The molecule has 1 amide bonds. The first kappa shape index (κ1) is 18.0. The van der Waals surface area contributed by atoms with E-state index < -0.39 is 5.91 Å². The number of rotatable bonds is 2. The molecule has 0 bridgehead atoms. The number of carbonyl (C=O) groups excluding carboxylic acids is 1. The zero-order valence-corrected chi connectivity index (χ0v) is 16.7. The second-order valence-electron chi connectivity index (χ2n) is 6.05. The maximum Gasteiger partial charge on any atom is 0.283 e. The normalized spacial score (nSPS) is 17.7. The smallest absolute Gasteiger partial charge is 0.283 e. The quantitative estimate of drug-likeness (QED) is 0.722. The number of amidine groups is 2. The molecule has 0 saturated heterocycles. The van der Waals surface area contributed by atoms with Gasteiger partial charge in [-0.15, -0.1) is 0 Å². The Balaban J connectivity index is 1.80. The van der Waals surface area contributed by atoms with Gasteiger partial charge in [-0.25, -0.2) is 0 Å². The number of fused-ring (bicyclic) bond motifs is 1. The van der Waals surface area contributed by atoms with E-state index in [0.717, 1.165) is 22.6 Å². The number of nitrogens with one attached hydrogen (secondary N) is 1. The standard InChI is InChI=1S/C18H13Cl2N5OS/c1-9-3-11(10(2)24(9)14-6-12(19)5-13(20)7-14)4-15-16(21)25-18(23-17(15)26)27-8-22-25/h3-8,21H,1-2H3. The average molecular weight is 418 g/mol. The minimum Gasteiger partial charge on any atom is -0.318 e. The van der Waals surface area contributed by atoms with Gasteiger partial charge in [0.2, 0.25) is 0 Å². The Morgan fingerprint density at radius 3 is 2.56 bits per heavy atom.